The van der Waals surface area contributed by atoms with Crippen molar-refractivity contribution in [1.82, 2.24) is 4.98 Å². The molecule has 7 heteroatoms. The molecule has 0 saturated carbocycles. The number of rotatable bonds is 4. The highest BCUT2D eigenvalue weighted by atomic mass is 79.9. The van der Waals surface area contributed by atoms with E-state index in [0.29, 0.717) is 26.4 Å². The zero-order valence-corrected chi connectivity index (χ0v) is 12.6. The fourth-order valence-electron chi connectivity index (χ4n) is 1.43. The van der Waals surface area contributed by atoms with E-state index in [0.717, 1.165) is 24.2 Å². The first-order chi connectivity index (χ1) is 9.11. The van der Waals surface area contributed by atoms with Crippen LogP contribution in [0.25, 0.3) is 10.2 Å². The highest BCUT2D eigenvalue weighted by Gasteiger charge is 2.13. The van der Waals surface area contributed by atoms with Crippen molar-refractivity contribution in [2.45, 2.75) is 19.8 Å². The number of carbonyl (C=O) groups excluding carboxylic acids is 1. The largest absolute Gasteiger partial charge is 0.449 e. The molecule has 0 fully saturated rings. The Morgan fingerprint density at radius 3 is 3.05 bits per heavy atom. The lowest BCUT2D eigenvalue weighted by molar-refractivity contribution is 0.160. The van der Waals surface area contributed by atoms with Gasteiger partial charge in [-0.25, -0.2) is 14.2 Å². The molecule has 0 bridgehead atoms. The number of anilines is 1. The maximum Gasteiger partial charge on any atom is 0.413 e. The Bertz CT molecular complexity index is 564. The molecule has 102 valence electrons. The average molecular weight is 347 g/mol. The maximum absolute atomic E-state index is 13.6. The van der Waals surface area contributed by atoms with Gasteiger partial charge in [-0.05, 0) is 34.5 Å². The van der Waals surface area contributed by atoms with E-state index < -0.39 is 6.09 Å². The number of fused-ring (bicyclic) bond motifs is 1. The van der Waals surface area contributed by atoms with Crippen molar-refractivity contribution in [3.05, 3.63) is 22.4 Å². The number of nitrogens with one attached hydrogen (secondary N) is 1. The summed E-state index contributed by atoms with van der Waals surface area (Å²) in [6, 6.07) is 2.94. The second kappa shape index (κ2) is 6.29. The van der Waals surface area contributed by atoms with Crippen molar-refractivity contribution in [2.75, 3.05) is 11.9 Å². The van der Waals surface area contributed by atoms with Gasteiger partial charge in [-0.3, -0.25) is 5.32 Å². The monoisotopic (exact) mass is 346 g/mol. The lowest BCUT2D eigenvalue weighted by atomic mass is 10.3. The van der Waals surface area contributed by atoms with Gasteiger partial charge in [0.05, 0.1) is 11.3 Å². The number of carbonyl (C=O) groups is 1. The predicted octanol–water partition coefficient (Wildman–Crippen LogP) is 4.55. The van der Waals surface area contributed by atoms with E-state index in [1.54, 1.807) is 6.07 Å². The van der Waals surface area contributed by atoms with E-state index in [-0.39, 0.29) is 5.82 Å². The van der Waals surface area contributed by atoms with Crippen LogP contribution in [-0.4, -0.2) is 17.7 Å². The van der Waals surface area contributed by atoms with Crippen LogP contribution in [0.2, 0.25) is 0 Å². The van der Waals surface area contributed by atoms with Gasteiger partial charge in [0.2, 0.25) is 0 Å². The normalized spacial score (nSPS) is 10.7. The molecule has 0 spiro atoms. The van der Waals surface area contributed by atoms with E-state index in [1.807, 2.05) is 6.92 Å². The minimum absolute atomic E-state index is 0.322. The van der Waals surface area contributed by atoms with Crippen molar-refractivity contribution >= 4 is 48.7 Å². The highest BCUT2D eigenvalue weighted by molar-refractivity contribution is 9.10. The van der Waals surface area contributed by atoms with Gasteiger partial charge in [-0.2, -0.15) is 0 Å². The first-order valence-electron chi connectivity index (χ1n) is 5.80. The molecular weight excluding hydrogens is 335 g/mol. The van der Waals surface area contributed by atoms with Crippen LogP contribution in [0.5, 0.6) is 0 Å². The van der Waals surface area contributed by atoms with E-state index in [1.165, 1.54) is 6.07 Å². The number of nitrogens with zero attached hydrogens (tertiary/aromatic N) is 1. The lowest BCUT2D eigenvalue weighted by Gasteiger charge is -2.02. The maximum atomic E-state index is 13.6. The number of ether oxygens (including phenoxy) is 1. The van der Waals surface area contributed by atoms with Crippen LogP contribution < -0.4 is 5.32 Å². The van der Waals surface area contributed by atoms with Gasteiger partial charge in [0.25, 0.3) is 0 Å². The molecule has 19 heavy (non-hydrogen) atoms. The summed E-state index contributed by atoms with van der Waals surface area (Å²) in [7, 11) is 0. The molecule has 4 nitrogen and oxygen atoms in total. The first-order valence-corrected chi connectivity index (χ1v) is 7.41. The zero-order chi connectivity index (χ0) is 13.8. The zero-order valence-electron chi connectivity index (χ0n) is 10.2. The Hall–Kier alpha value is -1.21. The van der Waals surface area contributed by atoms with Crippen LogP contribution in [0.4, 0.5) is 14.3 Å². The topological polar surface area (TPSA) is 51.2 Å². The van der Waals surface area contributed by atoms with Crippen molar-refractivity contribution in [3.63, 3.8) is 0 Å². The van der Waals surface area contributed by atoms with Gasteiger partial charge in [0.15, 0.2) is 5.13 Å². The number of benzene rings is 1. The Kier molecular flexibility index (Phi) is 4.71. The Balaban J connectivity index is 2.11. The summed E-state index contributed by atoms with van der Waals surface area (Å²) in [4.78, 5) is 15.6. The Morgan fingerprint density at radius 2 is 2.37 bits per heavy atom. The standard InChI is InChI=1S/C12H12BrFN2O2S/c1-2-3-6-18-12(17)16-11-15-9-7(13)4-5-8(14)10(9)19-11/h4-5H,2-3,6H2,1H3,(H,15,16,17). The van der Waals surface area contributed by atoms with Crippen LogP contribution in [0.3, 0.4) is 0 Å². The molecule has 0 atom stereocenters. The van der Waals surface area contributed by atoms with Gasteiger partial charge in [-0.1, -0.05) is 24.7 Å². The number of halogens is 2. The van der Waals surface area contributed by atoms with Gasteiger partial charge in [0.1, 0.15) is 11.3 Å². The minimum Gasteiger partial charge on any atom is -0.449 e. The molecule has 1 N–H and O–H groups in total. The summed E-state index contributed by atoms with van der Waals surface area (Å²) < 4.78 is 19.6. The second-order valence-electron chi connectivity index (χ2n) is 3.84. The lowest BCUT2D eigenvalue weighted by Crippen LogP contribution is -2.14. The summed E-state index contributed by atoms with van der Waals surface area (Å²) >= 11 is 4.37. The van der Waals surface area contributed by atoms with Gasteiger partial charge >= 0.3 is 6.09 Å². The second-order valence-corrected chi connectivity index (χ2v) is 5.69. The molecule has 1 aromatic heterocycles. The third-order valence-electron chi connectivity index (χ3n) is 2.39. The van der Waals surface area contributed by atoms with Crippen LogP contribution in [-0.2, 0) is 4.74 Å². The summed E-state index contributed by atoms with van der Waals surface area (Å²) in [5.74, 6) is -0.358. The predicted molar refractivity (Wildman–Crippen MR) is 77.2 cm³/mol. The molecule has 2 aromatic rings. The molecule has 1 aromatic carbocycles. The molecular formula is C12H12BrFN2O2S. The quantitative estimate of drug-likeness (QED) is 0.826. The number of hydrogen-bond acceptors (Lipinski definition) is 4. The number of unbranched alkanes of at least 4 members (excludes halogenated alkanes) is 1. The molecule has 0 unspecified atom stereocenters. The third kappa shape index (κ3) is 3.42. The SMILES string of the molecule is CCCCOC(=O)Nc1nc2c(Br)ccc(F)c2s1. The summed E-state index contributed by atoms with van der Waals surface area (Å²) in [6.45, 7) is 2.38. The van der Waals surface area contributed by atoms with Crippen molar-refractivity contribution in [1.29, 1.82) is 0 Å². The highest BCUT2D eigenvalue weighted by Crippen LogP contribution is 2.33. The van der Waals surface area contributed by atoms with Gasteiger partial charge in [0, 0.05) is 4.47 Å². The number of aromatic nitrogens is 1. The van der Waals surface area contributed by atoms with Crippen LogP contribution in [0.15, 0.2) is 16.6 Å². The van der Waals surface area contributed by atoms with Crippen LogP contribution in [0, 0.1) is 5.82 Å². The molecule has 0 aliphatic rings. The minimum atomic E-state index is -0.566. The summed E-state index contributed by atoms with van der Waals surface area (Å²) in [6.07, 6.45) is 1.20. The molecule has 2 rings (SSSR count). The fraction of sp³-hybridized carbons (Fsp3) is 0.333. The van der Waals surface area contributed by atoms with Crippen LogP contribution in [0.1, 0.15) is 19.8 Å². The smallest absolute Gasteiger partial charge is 0.413 e. The molecule has 0 radical (unpaired) electrons. The number of amides is 1. The number of thiazole rings is 1. The van der Waals surface area contributed by atoms with Crippen molar-refractivity contribution in [3.8, 4) is 0 Å². The first kappa shape index (κ1) is 14.2. The van der Waals surface area contributed by atoms with Crippen LogP contribution >= 0.6 is 27.3 Å². The van der Waals surface area contributed by atoms with E-state index >= 15 is 0 Å². The summed E-state index contributed by atoms with van der Waals surface area (Å²) in [5.41, 5.74) is 0.494. The molecule has 0 aliphatic carbocycles. The van der Waals surface area contributed by atoms with Gasteiger partial charge < -0.3 is 4.74 Å². The summed E-state index contributed by atoms with van der Waals surface area (Å²) in [5, 5.41) is 2.83. The molecule has 0 aliphatic heterocycles. The fourth-order valence-corrected chi connectivity index (χ4v) is 2.86. The average Bonchev–Trinajstić information content (AvgIpc) is 2.79. The van der Waals surface area contributed by atoms with E-state index in [2.05, 4.69) is 26.2 Å². The van der Waals surface area contributed by atoms with E-state index in [4.69, 9.17) is 4.74 Å². The van der Waals surface area contributed by atoms with Crippen molar-refractivity contribution in [2.24, 2.45) is 0 Å². The molecule has 1 amide bonds. The molecule has 0 saturated heterocycles. The third-order valence-corrected chi connectivity index (χ3v) is 4.01. The Morgan fingerprint density at radius 1 is 1.58 bits per heavy atom. The van der Waals surface area contributed by atoms with E-state index in [9.17, 15) is 9.18 Å². The number of hydrogen-bond donors (Lipinski definition) is 1. The Labute approximate surface area is 122 Å². The van der Waals surface area contributed by atoms with Gasteiger partial charge in [-0.15, -0.1) is 0 Å². The molecule has 1 heterocycles. The van der Waals surface area contributed by atoms with Crippen molar-refractivity contribution < 1.29 is 13.9 Å².